The molecule has 1 aromatic carbocycles. The van der Waals surface area contributed by atoms with Crippen molar-refractivity contribution in [3.05, 3.63) is 42.5 Å². The van der Waals surface area contributed by atoms with Crippen LogP contribution in [0.25, 0.3) is 0 Å². The number of hydrogen-bond donors (Lipinski definition) is 2. The van der Waals surface area contributed by atoms with Gasteiger partial charge in [-0.3, -0.25) is 0 Å². The van der Waals surface area contributed by atoms with Crippen molar-refractivity contribution in [2.75, 3.05) is 26.2 Å². The second-order valence-electron chi connectivity index (χ2n) is 4.97. The van der Waals surface area contributed by atoms with E-state index in [1.54, 1.807) is 0 Å². The summed E-state index contributed by atoms with van der Waals surface area (Å²) in [4.78, 5) is 4.46. The molecular formula is C17H27N3O. The van der Waals surface area contributed by atoms with E-state index in [-0.39, 0.29) is 0 Å². The van der Waals surface area contributed by atoms with E-state index in [4.69, 9.17) is 4.74 Å². The van der Waals surface area contributed by atoms with E-state index in [9.17, 15) is 0 Å². The van der Waals surface area contributed by atoms with Crippen molar-refractivity contribution in [3.8, 4) is 5.75 Å². The molecule has 0 aromatic heterocycles. The molecule has 0 spiro atoms. The SMILES string of the molecule is C=CCNC(=NCCOc1ccccc1C(C)C)NCC. The molecular weight excluding hydrogens is 262 g/mol. The lowest BCUT2D eigenvalue weighted by atomic mass is 10.0. The fourth-order valence-electron chi connectivity index (χ4n) is 1.91. The lowest BCUT2D eigenvalue weighted by Crippen LogP contribution is -2.37. The standard InChI is InChI=1S/C17H27N3O/c1-5-11-19-17(18-6-2)20-12-13-21-16-10-8-7-9-15(16)14(3)4/h5,7-10,14H,1,6,11-13H2,2-4H3,(H2,18,19,20). The van der Waals surface area contributed by atoms with E-state index >= 15 is 0 Å². The van der Waals surface area contributed by atoms with Gasteiger partial charge in [-0.1, -0.05) is 38.1 Å². The molecule has 0 aliphatic heterocycles. The van der Waals surface area contributed by atoms with Crippen LogP contribution in [0.15, 0.2) is 41.9 Å². The van der Waals surface area contributed by atoms with Gasteiger partial charge in [0, 0.05) is 13.1 Å². The maximum atomic E-state index is 5.85. The van der Waals surface area contributed by atoms with E-state index in [1.165, 1.54) is 5.56 Å². The van der Waals surface area contributed by atoms with Crippen LogP contribution in [0.5, 0.6) is 5.75 Å². The number of rotatable bonds is 8. The third-order valence-corrected chi connectivity index (χ3v) is 2.92. The van der Waals surface area contributed by atoms with Crippen molar-refractivity contribution in [3.63, 3.8) is 0 Å². The Balaban J connectivity index is 2.50. The number of nitrogens with zero attached hydrogens (tertiary/aromatic N) is 1. The highest BCUT2D eigenvalue weighted by Gasteiger charge is 2.06. The van der Waals surface area contributed by atoms with Gasteiger partial charge in [0.05, 0.1) is 6.54 Å². The number of aliphatic imine (C=N–C) groups is 1. The number of guanidine groups is 1. The number of hydrogen-bond acceptors (Lipinski definition) is 2. The summed E-state index contributed by atoms with van der Waals surface area (Å²) >= 11 is 0. The van der Waals surface area contributed by atoms with Gasteiger partial charge < -0.3 is 15.4 Å². The minimum absolute atomic E-state index is 0.455. The van der Waals surface area contributed by atoms with Crippen LogP contribution in [0.2, 0.25) is 0 Å². The molecule has 0 radical (unpaired) electrons. The van der Waals surface area contributed by atoms with Crippen LogP contribution in [0.3, 0.4) is 0 Å². The van der Waals surface area contributed by atoms with Gasteiger partial charge in [-0.25, -0.2) is 4.99 Å². The molecule has 0 saturated heterocycles. The molecule has 0 heterocycles. The zero-order chi connectivity index (χ0) is 15.5. The minimum Gasteiger partial charge on any atom is -0.491 e. The van der Waals surface area contributed by atoms with Crippen molar-refractivity contribution in [1.82, 2.24) is 10.6 Å². The molecule has 116 valence electrons. The molecule has 1 aromatic rings. The Morgan fingerprint density at radius 2 is 2.10 bits per heavy atom. The molecule has 21 heavy (non-hydrogen) atoms. The molecule has 0 atom stereocenters. The van der Waals surface area contributed by atoms with Gasteiger partial charge in [0.1, 0.15) is 12.4 Å². The lowest BCUT2D eigenvalue weighted by molar-refractivity contribution is 0.324. The quantitative estimate of drug-likeness (QED) is 0.335. The van der Waals surface area contributed by atoms with Crippen molar-refractivity contribution in [2.24, 2.45) is 4.99 Å². The van der Waals surface area contributed by atoms with E-state index in [0.29, 0.717) is 25.6 Å². The van der Waals surface area contributed by atoms with Crippen molar-refractivity contribution < 1.29 is 4.74 Å². The Morgan fingerprint density at radius 1 is 1.33 bits per heavy atom. The van der Waals surface area contributed by atoms with Crippen LogP contribution in [0.4, 0.5) is 0 Å². The average Bonchev–Trinajstić information content (AvgIpc) is 2.49. The molecule has 0 fully saturated rings. The Morgan fingerprint density at radius 3 is 2.76 bits per heavy atom. The summed E-state index contributed by atoms with van der Waals surface area (Å²) in [6.45, 7) is 12.8. The van der Waals surface area contributed by atoms with Crippen LogP contribution in [-0.2, 0) is 0 Å². The van der Waals surface area contributed by atoms with Crippen LogP contribution < -0.4 is 15.4 Å². The molecule has 0 saturated carbocycles. The number of ether oxygens (including phenoxy) is 1. The smallest absolute Gasteiger partial charge is 0.191 e. The zero-order valence-electron chi connectivity index (χ0n) is 13.4. The van der Waals surface area contributed by atoms with Crippen LogP contribution in [-0.4, -0.2) is 32.2 Å². The Labute approximate surface area is 128 Å². The van der Waals surface area contributed by atoms with E-state index in [0.717, 1.165) is 18.3 Å². The summed E-state index contributed by atoms with van der Waals surface area (Å²) in [5.74, 6) is 2.20. The fourth-order valence-corrected chi connectivity index (χ4v) is 1.91. The summed E-state index contributed by atoms with van der Waals surface area (Å²) in [5.41, 5.74) is 1.23. The molecule has 4 heteroatoms. The van der Waals surface area contributed by atoms with Crippen LogP contribution in [0.1, 0.15) is 32.3 Å². The summed E-state index contributed by atoms with van der Waals surface area (Å²) < 4.78 is 5.85. The van der Waals surface area contributed by atoms with Crippen LogP contribution >= 0.6 is 0 Å². The first-order valence-electron chi connectivity index (χ1n) is 7.53. The van der Waals surface area contributed by atoms with E-state index in [2.05, 4.69) is 42.1 Å². The molecule has 4 nitrogen and oxygen atoms in total. The molecule has 1 rings (SSSR count). The van der Waals surface area contributed by atoms with Crippen molar-refractivity contribution in [1.29, 1.82) is 0 Å². The largest absolute Gasteiger partial charge is 0.491 e. The van der Waals surface area contributed by atoms with E-state index < -0.39 is 0 Å². The molecule has 0 amide bonds. The molecule has 0 unspecified atom stereocenters. The average molecular weight is 289 g/mol. The topological polar surface area (TPSA) is 45.7 Å². The summed E-state index contributed by atoms with van der Waals surface area (Å²) in [6.07, 6.45) is 1.81. The molecule has 0 aliphatic carbocycles. The van der Waals surface area contributed by atoms with Gasteiger partial charge in [0.2, 0.25) is 0 Å². The van der Waals surface area contributed by atoms with Gasteiger partial charge in [-0.05, 0) is 24.5 Å². The Kier molecular flexibility index (Phi) is 8.02. The summed E-state index contributed by atoms with van der Waals surface area (Å²) in [7, 11) is 0. The van der Waals surface area contributed by atoms with Gasteiger partial charge in [-0.15, -0.1) is 6.58 Å². The molecule has 2 N–H and O–H groups in total. The third kappa shape index (κ3) is 6.34. The number of nitrogens with one attached hydrogen (secondary N) is 2. The van der Waals surface area contributed by atoms with Gasteiger partial charge in [-0.2, -0.15) is 0 Å². The zero-order valence-corrected chi connectivity index (χ0v) is 13.4. The van der Waals surface area contributed by atoms with Crippen molar-refractivity contribution in [2.45, 2.75) is 26.7 Å². The minimum atomic E-state index is 0.455. The highest BCUT2D eigenvalue weighted by Crippen LogP contribution is 2.25. The highest BCUT2D eigenvalue weighted by atomic mass is 16.5. The predicted molar refractivity (Wildman–Crippen MR) is 90.2 cm³/mol. The highest BCUT2D eigenvalue weighted by molar-refractivity contribution is 5.79. The maximum Gasteiger partial charge on any atom is 0.191 e. The number of para-hydroxylation sites is 1. The fraction of sp³-hybridized carbons (Fsp3) is 0.471. The van der Waals surface area contributed by atoms with Crippen LogP contribution in [0, 0.1) is 0 Å². The predicted octanol–water partition coefficient (Wildman–Crippen LogP) is 2.93. The maximum absolute atomic E-state index is 5.85. The third-order valence-electron chi connectivity index (χ3n) is 2.92. The Bertz CT molecular complexity index is 455. The van der Waals surface area contributed by atoms with Gasteiger partial charge in [0.25, 0.3) is 0 Å². The first kappa shape index (κ1) is 17.1. The monoisotopic (exact) mass is 289 g/mol. The van der Waals surface area contributed by atoms with Crippen molar-refractivity contribution >= 4 is 5.96 Å². The summed E-state index contributed by atoms with van der Waals surface area (Å²) in [6, 6.07) is 8.17. The number of benzene rings is 1. The molecule has 0 bridgehead atoms. The first-order chi connectivity index (χ1) is 10.2. The normalized spacial score (nSPS) is 11.3. The second kappa shape index (κ2) is 9.86. The lowest BCUT2D eigenvalue weighted by Gasteiger charge is -2.13. The van der Waals surface area contributed by atoms with Gasteiger partial charge >= 0.3 is 0 Å². The van der Waals surface area contributed by atoms with Gasteiger partial charge in [0.15, 0.2) is 5.96 Å². The summed E-state index contributed by atoms with van der Waals surface area (Å²) in [5, 5.41) is 6.35. The Hall–Kier alpha value is -1.97. The first-order valence-corrected chi connectivity index (χ1v) is 7.53. The van der Waals surface area contributed by atoms with E-state index in [1.807, 2.05) is 31.2 Å². The molecule has 0 aliphatic rings. The second-order valence-corrected chi connectivity index (χ2v) is 4.97.